The van der Waals surface area contributed by atoms with Crippen molar-refractivity contribution in [1.82, 2.24) is 5.32 Å². The molecule has 1 saturated heterocycles. The van der Waals surface area contributed by atoms with Crippen molar-refractivity contribution in [2.24, 2.45) is 0 Å². The van der Waals surface area contributed by atoms with Crippen molar-refractivity contribution in [2.45, 2.75) is 57.8 Å². The molecule has 0 aromatic carbocycles. The quantitative estimate of drug-likeness (QED) is 0.687. The van der Waals surface area contributed by atoms with Crippen LogP contribution < -0.4 is 5.32 Å². The highest BCUT2D eigenvalue weighted by Crippen LogP contribution is 2.12. The average molecular weight is 273 g/mol. The van der Waals surface area contributed by atoms with Crippen LogP contribution in [0.15, 0.2) is 0 Å². The Morgan fingerprint density at radius 2 is 2.21 bits per heavy atom. The van der Waals surface area contributed by atoms with Gasteiger partial charge in [-0.3, -0.25) is 9.59 Å². The second kappa shape index (κ2) is 8.12. The van der Waals surface area contributed by atoms with E-state index in [1.54, 1.807) is 13.8 Å². The lowest BCUT2D eigenvalue weighted by atomic mass is 10.2. The Hall–Kier alpha value is -1.14. The van der Waals surface area contributed by atoms with Gasteiger partial charge in [0.1, 0.15) is 6.10 Å². The summed E-state index contributed by atoms with van der Waals surface area (Å²) in [4.78, 5) is 22.2. The highest BCUT2D eigenvalue weighted by molar-refractivity contribution is 5.80. The summed E-state index contributed by atoms with van der Waals surface area (Å²) < 4.78 is 10.9. The van der Waals surface area contributed by atoms with Crippen LogP contribution in [0.4, 0.5) is 0 Å². The third-order valence-corrected chi connectivity index (χ3v) is 3.11. The molecule has 1 aliphatic heterocycles. The van der Waals surface area contributed by atoms with Crippen LogP contribution in [-0.2, 0) is 19.1 Å². The fraction of sp³-hybridized carbons (Fsp3) is 0.846. The number of carboxylic acids is 1. The maximum Gasteiger partial charge on any atom is 0.303 e. The maximum atomic E-state index is 11.8. The van der Waals surface area contributed by atoms with Crippen molar-refractivity contribution in [1.29, 1.82) is 0 Å². The predicted molar refractivity (Wildman–Crippen MR) is 68.9 cm³/mol. The monoisotopic (exact) mass is 273 g/mol. The first-order valence-corrected chi connectivity index (χ1v) is 6.74. The van der Waals surface area contributed by atoms with E-state index in [0.717, 1.165) is 19.4 Å². The Balaban J connectivity index is 2.17. The molecule has 1 heterocycles. The van der Waals surface area contributed by atoms with E-state index < -0.39 is 12.1 Å². The number of amides is 1. The molecule has 6 nitrogen and oxygen atoms in total. The number of ether oxygens (including phenoxy) is 2. The van der Waals surface area contributed by atoms with Gasteiger partial charge in [0, 0.05) is 19.1 Å². The molecule has 19 heavy (non-hydrogen) atoms. The van der Waals surface area contributed by atoms with Crippen LogP contribution in [0.2, 0.25) is 0 Å². The van der Waals surface area contributed by atoms with E-state index in [4.69, 9.17) is 14.6 Å². The number of hydrogen-bond acceptors (Lipinski definition) is 4. The molecule has 2 N–H and O–H groups in total. The van der Waals surface area contributed by atoms with E-state index in [0.29, 0.717) is 13.0 Å². The van der Waals surface area contributed by atoms with Gasteiger partial charge in [-0.2, -0.15) is 0 Å². The maximum absolute atomic E-state index is 11.8. The smallest absolute Gasteiger partial charge is 0.303 e. The second-order valence-corrected chi connectivity index (χ2v) is 4.95. The van der Waals surface area contributed by atoms with E-state index in [1.165, 1.54) is 0 Å². The number of carboxylic acid groups (broad SMARTS) is 1. The lowest BCUT2D eigenvalue weighted by Gasteiger charge is -2.19. The van der Waals surface area contributed by atoms with Gasteiger partial charge in [-0.15, -0.1) is 0 Å². The molecule has 0 bridgehead atoms. The molecule has 0 aromatic heterocycles. The van der Waals surface area contributed by atoms with Crippen LogP contribution in [0.5, 0.6) is 0 Å². The standard InChI is InChI=1S/C13H23NO5/c1-9(5-6-12(15)16)14-13(17)10(2)19-8-11-4-3-7-18-11/h9-11H,3-8H2,1-2H3,(H,14,17)(H,15,16). The predicted octanol–water partition coefficient (Wildman–Crippen LogP) is 0.940. The third-order valence-electron chi connectivity index (χ3n) is 3.11. The Morgan fingerprint density at radius 3 is 2.79 bits per heavy atom. The topological polar surface area (TPSA) is 84.9 Å². The minimum Gasteiger partial charge on any atom is -0.481 e. The van der Waals surface area contributed by atoms with Gasteiger partial charge in [-0.25, -0.2) is 0 Å². The van der Waals surface area contributed by atoms with Crippen LogP contribution in [0.3, 0.4) is 0 Å². The van der Waals surface area contributed by atoms with Gasteiger partial charge in [0.05, 0.1) is 12.7 Å². The average Bonchev–Trinajstić information content (AvgIpc) is 2.86. The molecule has 0 spiro atoms. The molecule has 0 aromatic rings. The molecule has 0 saturated carbocycles. The minimum absolute atomic E-state index is 0.0482. The van der Waals surface area contributed by atoms with E-state index in [2.05, 4.69) is 5.32 Å². The van der Waals surface area contributed by atoms with Crippen molar-refractivity contribution in [3.63, 3.8) is 0 Å². The molecule has 1 aliphatic rings. The number of hydrogen-bond donors (Lipinski definition) is 2. The Morgan fingerprint density at radius 1 is 1.47 bits per heavy atom. The first kappa shape index (κ1) is 15.9. The van der Waals surface area contributed by atoms with Gasteiger partial charge < -0.3 is 19.9 Å². The molecule has 1 amide bonds. The van der Waals surface area contributed by atoms with E-state index in [-0.39, 0.29) is 24.5 Å². The lowest BCUT2D eigenvalue weighted by molar-refractivity contribution is -0.138. The molecule has 3 atom stereocenters. The molecule has 0 radical (unpaired) electrons. The highest BCUT2D eigenvalue weighted by Gasteiger charge is 2.20. The van der Waals surface area contributed by atoms with E-state index >= 15 is 0 Å². The summed E-state index contributed by atoms with van der Waals surface area (Å²) in [6, 6.07) is -0.169. The summed E-state index contributed by atoms with van der Waals surface area (Å²) in [6.07, 6.45) is 2.03. The zero-order valence-corrected chi connectivity index (χ0v) is 11.6. The van der Waals surface area contributed by atoms with Crippen LogP contribution in [-0.4, -0.2) is 48.4 Å². The SMILES string of the molecule is CC(CCC(=O)O)NC(=O)C(C)OCC1CCCO1. The second-order valence-electron chi connectivity index (χ2n) is 4.95. The van der Waals surface area contributed by atoms with Crippen molar-refractivity contribution in [3.8, 4) is 0 Å². The summed E-state index contributed by atoms with van der Waals surface area (Å²) in [5.74, 6) is -1.07. The Kier molecular flexibility index (Phi) is 6.80. The Bertz CT molecular complexity index is 301. The summed E-state index contributed by atoms with van der Waals surface area (Å²) in [7, 11) is 0. The molecular formula is C13H23NO5. The van der Waals surface area contributed by atoms with Crippen LogP contribution >= 0.6 is 0 Å². The summed E-state index contributed by atoms with van der Waals surface area (Å²) in [6.45, 7) is 4.67. The molecule has 6 heteroatoms. The van der Waals surface area contributed by atoms with Crippen molar-refractivity contribution in [3.05, 3.63) is 0 Å². The molecule has 1 rings (SSSR count). The number of nitrogens with one attached hydrogen (secondary N) is 1. The molecule has 110 valence electrons. The van der Waals surface area contributed by atoms with Crippen LogP contribution in [0.25, 0.3) is 0 Å². The van der Waals surface area contributed by atoms with Gasteiger partial charge in [0.2, 0.25) is 5.91 Å². The number of aliphatic carboxylic acids is 1. The molecule has 1 fully saturated rings. The number of rotatable bonds is 8. The molecular weight excluding hydrogens is 250 g/mol. The Labute approximate surface area is 113 Å². The van der Waals surface area contributed by atoms with Crippen molar-refractivity contribution in [2.75, 3.05) is 13.2 Å². The first-order chi connectivity index (χ1) is 8.99. The van der Waals surface area contributed by atoms with E-state index in [9.17, 15) is 9.59 Å². The molecule has 3 unspecified atom stereocenters. The van der Waals surface area contributed by atoms with Gasteiger partial charge >= 0.3 is 5.97 Å². The van der Waals surface area contributed by atoms with Crippen LogP contribution in [0, 0.1) is 0 Å². The van der Waals surface area contributed by atoms with Crippen LogP contribution in [0.1, 0.15) is 39.5 Å². The lowest BCUT2D eigenvalue weighted by Crippen LogP contribution is -2.41. The van der Waals surface area contributed by atoms with Gasteiger partial charge in [-0.1, -0.05) is 0 Å². The van der Waals surface area contributed by atoms with Crippen molar-refractivity contribution >= 4 is 11.9 Å². The number of carbonyl (C=O) groups is 2. The fourth-order valence-corrected chi connectivity index (χ4v) is 1.88. The zero-order chi connectivity index (χ0) is 14.3. The highest BCUT2D eigenvalue weighted by atomic mass is 16.5. The van der Waals surface area contributed by atoms with E-state index in [1.807, 2.05) is 0 Å². The third kappa shape index (κ3) is 6.54. The summed E-state index contributed by atoms with van der Waals surface area (Å²) in [5.41, 5.74) is 0. The van der Waals surface area contributed by atoms with Gasteiger partial charge in [0.25, 0.3) is 0 Å². The fourth-order valence-electron chi connectivity index (χ4n) is 1.88. The summed E-state index contributed by atoms with van der Waals surface area (Å²) in [5, 5.41) is 11.3. The largest absolute Gasteiger partial charge is 0.481 e. The van der Waals surface area contributed by atoms with Gasteiger partial charge in [0.15, 0.2) is 0 Å². The summed E-state index contributed by atoms with van der Waals surface area (Å²) >= 11 is 0. The minimum atomic E-state index is -0.858. The normalized spacial score (nSPS) is 21.9. The van der Waals surface area contributed by atoms with Gasteiger partial charge in [-0.05, 0) is 33.1 Å². The molecule has 0 aliphatic carbocycles. The zero-order valence-electron chi connectivity index (χ0n) is 11.6. The number of carbonyl (C=O) groups excluding carboxylic acids is 1. The first-order valence-electron chi connectivity index (χ1n) is 6.74. The van der Waals surface area contributed by atoms with Crippen molar-refractivity contribution < 1.29 is 24.2 Å².